The van der Waals surface area contributed by atoms with E-state index in [1.54, 1.807) is 4.90 Å². The molecule has 120 valence electrons. The van der Waals surface area contributed by atoms with E-state index in [1.807, 2.05) is 24.3 Å². The van der Waals surface area contributed by atoms with Gasteiger partial charge in [0.2, 0.25) is 0 Å². The molecule has 0 aliphatic carbocycles. The summed E-state index contributed by atoms with van der Waals surface area (Å²) in [6, 6.07) is 12.3. The number of halogens is 3. The van der Waals surface area contributed by atoms with E-state index in [1.165, 1.54) is 18.2 Å². The molecule has 2 aromatic rings. The van der Waals surface area contributed by atoms with Crippen molar-refractivity contribution in [3.05, 3.63) is 63.3 Å². The highest BCUT2D eigenvalue weighted by Gasteiger charge is 2.26. The summed E-state index contributed by atoms with van der Waals surface area (Å²) in [6.45, 7) is 2.45. The molecule has 1 saturated heterocycles. The van der Waals surface area contributed by atoms with Crippen LogP contribution in [0, 0.1) is 5.82 Å². The van der Waals surface area contributed by atoms with Crippen molar-refractivity contribution in [2.24, 2.45) is 0 Å². The monoisotopic (exact) mass is 396 g/mol. The first-order valence-electron chi connectivity index (χ1n) is 7.30. The summed E-state index contributed by atoms with van der Waals surface area (Å²) < 4.78 is 14.9. The van der Waals surface area contributed by atoms with Crippen LogP contribution in [0.1, 0.15) is 10.4 Å². The summed E-state index contributed by atoms with van der Waals surface area (Å²) in [5.41, 5.74) is 1.06. The SMILES string of the molecule is O=C(c1c(F)cccc1Cl)N1CCN(c2ccccc2Br)CC1. The Kier molecular flexibility index (Phi) is 4.87. The minimum Gasteiger partial charge on any atom is -0.367 e. The topological polar surface area (TPSA) is 23.6 Å². The quantitative estimate of drug-likeness (QED) is 0.758. The number of benzene rings is 2. The maximum absolute atomic E-state index is 13.9. The lowest BCUT2D eigenvalue weighted by atomic mass is 10.1. The number of rotatable bonds is 2. The molecule has 0 spiro atoms. The Morgan fingerprint density at radius 1 is 1.04 bits per heavy atom. The molecular weight excluding hydrogens is 383 g/mol. The standard InChI is InChI=1S/C17H15BrClFN2O/c18-12-4-1-2-7-15(12)21-8-10-22(11-9-21)17(23)16-13(19)5-3-6-14(16)20/h1-7H,8-11H2. The van der Waals surface area contributed by atoms with Gasteiger partial charge in [-0.15, -0.1) is 0 Å². The molecule has 3 rings (SSSR count). The van der Waals surface area contributed by atoms with Crippen LogP contribution in [0.15, 0.2) is 46.9 Å². The predicted molar refractivity (Wildman–Crippen MR) is 93.7 cm³/mol. The van der Waals surface area contributed by atoms with Gasteiger partial charge in [-0.2, -0.15) is 0 Å². The average Bonchev–Trinajstić information content (AvgIpc) is 2.55. The minimum atomic E-state index is -0.573. The molecule has 1 fully saturated rings. The molecule has 0 unspecified atom stereocenters. The van der Waals surface area contributed by atoms with Gasteiger partial charge in [0.25, 0.3) is 5.91 Å². The molecule has 1 aliphatic rings. The highest BCUT2D eigenvalue weighted by molar-refractivity contribution is 9.10. The summed E-state index contributed by atoms with van der Waals surface area (Å²) in [5, 5.41) is 0.156. The number of carbonyl (C=O) groups is 1. The van der Waals surface area contributed by atoms with Crippen LogP contribution in [0.3, 0.4) is 0 Å². The van der Waals surface area contributed by atoms with E-state index in [2.05, 4.69) is 20.8 Å². The van der Waals surface area contributed by atoms with E-state index in [4.69, 9.17) is 11.6 Å². The Labute approximate surface area is 147 Å². The highest BCUT2D eigenvalue weighted by atomic mass is 79.9. The van der Waals surface area contributed by atoms with Crippen LogP contribution >= 0.6 is 27.5 Å². The third-order valence-electron chi connectivity index (χ3n) is 3.94. The number of hydrogen-bond acceptors (Lipinski definition) is 2. The predicted octanol–water partition coefficient (Wildman–Crippen LogP) is 4.20. The molecule has 6 heteroatoms. The fourth-order valence-corrected chi connectivity index (χ4v) is 3.50. The first kappa shape index (κ1) is 16.3. The van der Waals surface area contributed by atoms with Crippen molar-refractivity contribution in [3.63, 3.8) is 0 Å². The lowest BCUT2D eigenvalue weighted by Gasteiger charge is -2.36. The number of nitrogens with zero attached hydrogens (tertiary/aromatic N) is 2. The van der Waals surface area contributed by atoms with Crippen LogP contribution in [0.5, 0.6) is 0 Å². The molecular formula is C17H15BrClFN2O. The summed E-state index contributed by atoms with van der Waals surface area (Å²) in [6.07, 6.45) is 0. The Morgan fingerprint density at radius 2 is 1.74 bits per heavy atom. The van der Waals surface area contributed by atoms with Gasteiger partial charge in [0.05, 0.1) is 16.3 Å². The number of amides is 1. The third kappa shape index (κ3) is 3.35. The average molecular weight is 398 g/mol. The van der Waals surface area contributed by atoms with Crippen LogP contribution in [-0.2, 0) is 0 Å². The largest absolute Gasteiger partial charge is 0.367 e. The molecule has 0 atom stereocenters. The molecule has 2 aromatic carbocycles. The van der Waals surface area contributed by atoms with Crippen molar-refractivity contribution >= 4 is 39.1 Å². The molecule has 0 saturated carbocycles. The van der Waals surface area contributed by atoms with E-state index in [-0.39, 0.29) is 16.5 Å². The van der Waals surface area contributed by atoms with Crippen molar-refractivity contribution in [2.75, 3.05) is 31.1 Å². The number of carbonyl (C=O) groups excluding carboxylic acids is 1. The van der Waals surface area contributed by atoms with Crippen LogP contribution in [-0.4, -0.2) is 37.0 Å². The number of hydrogen-bond donors (Lipinski definition) is 0. The molecule has 1 amide bonds. The number of anilines is 1. The molecule has 23 heavy (non-hydrogen) atoms. The smallest absolute Gasteiger partial charge is 0.258 e. The van der Waals surface area contributed by atoms with Crippen LogP contribution in [0.2, 0.25) is 5.02 Å². The van der Waals surface area contributed by atoms with Gasteiger partial charge in [-0.05, 0) is 40.2 Å². The maximum Gasteiger partial charge on any atom is 0.258 e. The Balaban J connectivity index is 1.72. The van der Waals surface area contributed by atoms with Crippen LogP contribution in [0.25, 0.3) is 0 Å². The fourth-order valence-electron chi connectivity index (χ4n) is 2.72. The Hall–Kier alpha value is -1.59. The third-order valence-corrected chi connectivity index (χ3v) is 4.92. The van der Waals surface area contributed by atoms with Gasteiger partial charge in [0, 0.05) is 30.7 Å². The minimum absolute atomic E-state index is 0.0384. The van der Waals surface area contributed by atoms with Gasteiger partial charge < -0.3 is 9.80 Å². The first-order valence-corrected chi connectivity index (χ1v) is 8.48. The zero-order chi connectivity index (χ0) is 16.4. The van der Waals surface area contributed by atoms with E-state index in [0.717, 1.165) is 10.2 Å². The molecule has 0 N–H and O–H groups in total. The van der Waals surface area contributed by atoms with Gasteiger partial charge >= 0.3 is 0 Å². The summed E-state index contributed by atoms with van der Waals surface area (Å²) >= 11 is 9.53. The van der Waals surface area contributed by atoms with Gasteiger partial charge in [0.1, 0.15) is 5.82 Å². The normalized spacial score (nSPS) is 14.9. The summed E-state index contributed by atoms with van der Waals surface area (Å²) in [5.74, 6) is -0.921. The van der Waals surface area contributed by atoms with Crippen molar-refractivity contribution in [1.29, 1.82) is 0 Å². The number of piperazine rings is 1. The van der Waals surface area contributed by atoms with Crippen molar-refractivity contribution < 1.29 is 9.18 Å². The molecule has 3 nitrogen and oxygen atoms in total. The molecule has 1 aliphatic heterocycles. The maximum atomic E-state index is 13.9. The van der Waals surface area contributed by atoms with Gasteiger partial charge in [0.15, 0.2) is 0 Å². The van der Waals surface area contributed by atoms with Gasteiger partial charge in [-0.25, -0.2) is 4.39 Å². The van der Waals surface area contributed by atoms with Crippen LogP contribution in [0.4, 0.5) is 10.1 Å². The van der Waals surface area contributed by atoms with Crippen LogP contribution < -0.4 is 4.90 Å². The lowest BCUT2D eigenvalue weighted by Crippen LogP contribution is -2.49. The molecule has 1 heterocycles. The van der Waals surface area contributed by atoms with E-state index < -0.39 is 5.82 Å². The zero-order valence-corrected chi connectivity index (χ0v) is 14.6. The van der Waals surface area contributed by atoms with Crippen molar-refractivity contribution in [2.45, 2.75) is 0 Å². The second-order valence-electron chi connectivity index (χ2n) is 5.33. The summed E-state index contributed by atoms with van der Waals surface area (Å²) in [4.78, 5) is 16.4. The van der Waals surface area contributed by atoms with E-state index >= 15 is 0 Å². The molecule has 0 bridgehead atoms. The fraction of sp³-hybridized carbons (Fsp3) is 0.235. The zero-order valence-electron chi connectivity index (χ0n) is 12.3. The second-order valence-corrected chi connectivity index (χ2v) is 6.59. The highest BCUT2D eigenvalue weighted by Crippen LogP contribution is 2.27. The second kappa shape index (κ2) is 6.89. The van der Waals surface area contributed by atoms with Gasteiger partial charge in [-0.1, -0.05) is 29.8 Å². The van der Waals surface area contributed by atoms with E-state index in [0.29, 0.717) is 26.2 Å². The molecule has 0 aromatic heterocycles. The Bertz CT molecular complexity index is 712. The van der Waals surface area contributed by atoms with Crippen molar-refractivity contribution in [1.82, 2.24) is 4.90 Å². The van der Waals surface area contributed by atoms with Gasteiger partial charge in [-0.3, -0.25) is 4.79 Å². The lowest BCUT2D eigenvalue weighted by molar-refractivity contribution is 0.0742. The van der Waals surface area contributed by atoms with E-state index in [9.17, 15) is 9.18 Å². The van der Waals surface area contributed by atoms with Crippen molar-refractivity contribution in [3.8, 4) is 0 Å². The summed E-state index contributed by atoms with van der Waals surface area (Å²) in [7, 11) is 0. The molecule has 0 radical (unpaired) electrons. The Morgan fingerprint density at radius 3 is 2.39 bits per heavy atom. The number of para-hydroxylation sites is 1. The first-order chi connectivity index (χ1) is 11.1.